The number of nitrogens with zero attached hydrogens (tertiary/aromatic N) is 3. The quantitative estimate of drug-likeness (QED) is 0.855. The molecule has 2 N–H and O–H groups in total. The first kappa shape index (κ1) is 14.7. The van der Waals surface area contributed by atoms with Crippen molar-refractivity contribution in [2.24, 2.45) is 7.05 Å². The van der Waals surface area contributed by atoms with Crippen LogP contribution in [0.3, 0.4) is 0 Å². The number of aryl methyl sites for hydroxylation is 1. The fraction of sp³-hybridized carbons (Fsp3) is 0.714. The summed E-state index contributed by atoms with van der Waals surface area (Å²) in [6.07, 6.45) is 1.74. The minimum atomic E-state index is -0.459. The molecule has 0 saturated carbocycles. The van der Waals surface area contributed by atoms with Crippen molar-refractivity contribution in [2.75, 3.05) is 18.8 Å². The molecule has 6 nitrogen and oxygen atoms in total. The number of likely N-dealkylation sites (tertiary alicyclic amines) is 1. The van der Waals surface area contributed by atoms with Gasteiger partial charge in [0.25, 0.3) is 0 Å². The number of nitrogens with two attached hydrogens (primary N) is 1. The molecule has 1 amide bonds. The molecule has 1 saturated heterocycles. The number of hydrogen-bond donors (Lipinski definition) is 1. The highest BCUT2D eigenvalue weighted by Crippen LogP contribution is 2.27. The largest absolute Gasteiger partial charge is 0.444 e. The Morgan fingerprint density at radius 3 is 2.75 bits per heavy atom. The van der Waals surface area contributed by atoms with Crippen LogP contribution in [0.1, 0.15) is 45.2 Å². The van der Waals surface area contributed by atoms with Gasteiger partial charge in [0.2, 0.25) is 0 Å². The van der Waals surface area contributed by atoms with Crippen molar-refractivity contribution in [2.45, 2.75) is 45.1 Å². The van der Waals surface area contributed by atoms with Crippen LogP contribution < -0.4 is 5.73 Å². The van der Waals surface area contributed by atoms with Gasteiger partial charge in [0.15, 0.2) is 0 Å². The standard InChI is InChI=1S/C14H24N4O2/c1-14(2,3)20-13(19)18-7-5-6-10(9-18)11-8-12(15)17(4)16-11/h8,10H,5-7,9,15H2,1-4H3. The van der Waals surface area contributed by atoms with Crippen LogP contribution in [0, 0.1) is 0 Å². The van der Waals surface area contributed by atoms with Crippen LogP contribution in [0.5, 0.6) is 0 Å². The monoisotopic (exact) mass is 280 g/mol. The average Bonchev–Trinajstić information content (AvgIpc) is 2.68. The van der Waals surface area contributed by atoms with Crippen molar-refractivity contribution >= 4 is 11.9 Å². The second kappa shape index (κ2) is 5.34. The zero-order chi connectivity index (χ0) is 14.9. The number of nitrogen functional groups attached to an aromatic ring is 1. The van der Waals surface area contributed by atoms with Crippen molar-refractivity contribution in [1.82, 2.24) is 14.7 Å². The summed E-state index contributed by atoms with van der Waals surface area (Å²) in [6, 6.07) is 1.89. The number of amides is 1. The van der Waals surface area contributed by atoms with E-state index in [1.165, 1.54) is 0 Å². The minimum Gasteiger partial charge on any atom is -0.444 e. The summed E-state index contributed by atoms with van der Waals surface area (Å²) in [7, 11) is 1.83. The number of carbonyl (C=O) groups excluding carboxylic acids is 1. The Morgan fingerprint density at radius 2 is 2.20 bits per heavy atom. The van der Waals surface area contributed by atoms with E-state index in [0.717, 1.165) is 25.1 Å². The summed E-state index contributed by atoms with van der Waals surface area (Å²) in [5, 5.41) is 4.42. The normalized spacial score (nSPS) is 20.0. The van der Waals surface area contributed by atoms with E-state index in [4.69, 9.17) is 10.5 Å². The van der Waals surface area contributed by atoms with E-state index >= 15 is 0 Å². The van der Waals surface area contributed by atoms with Gasteiger partial charge in [0.1, 0.15) is 11.4 Å². The Morgan fingerprint density at radius 1 is 1.50 bits per heavy atom. The van der Waals surface area contributed by atoms with Crippen molar-refractivity contribution in [3.05, 3.63) is 11.8 Å². The third-order valence-corrected chi connectivity index (χ3v) is 3.43. The lowest BCUT2D eigenvalue weighted by atomic mass is 9.95. The van der Waals surface area contributed by atoms with Gasteiger partial charge in [-0.15, -0.1) is 0 Å². The Kier molecular flexibility index (Phi) is 3.92. The van der Waals surface area contributed by atoms with Gasteiger partial charge < -0.3 is 15.4 Å². The first-order chi connectivity index (χ1) is 9.26. The van der Waals surface area contributed by atoms with Crippen LogP contribution >= 0.6 is 0 Å². The summed E-state index contributed by atoms with van der Waals surface area (Å²) in [5.41, 5.74) is 6.32. The van der Waals surface area contributed by atoms with Gasteiger partial charge in [0, 0.05) is 32.1 Å². The molecule has 0 bridgehead atoms. The fourth-order valence-electron chi connectivity index (χ4n) is 2.42. The van der Waals surface area contributed by atoms with E-state index in [-0.39, 0.29) is 12.0 Å². The molecule has 1 unspecified atom stereocenters. The molecule has 0 aromatic carbocycles. The number of aromatic nitrogens is 2. The van der Waals surface area contributed by atoms with Crippen molar-refractivity contribution < 1.29 is 9.53 Å². The lowest BCUT2D eigenvalue weighted by molar-refractivity contribution is 0.0197. The highest BCUT2D eigenvalue weighted by Gasteiger charge is 2.29. The predicted molar refractivity (Wildman–Crippen MR) is 77.4 cm³/mol. The summed E-state index contributed by atoms with van der Waals surface area (Å²) in [4.78, 5) is 13.9. The van der Waals surface area contributed by atoms with E-state index < -0.39 is 5.60 Å². The minimum absolute atomic E-state index is 0.236. The summed E-state index contributed by atoms with van der Waals surface area (Å²) >= 11 is 0. The molecule has 1 fully saturated rings. The summed E-state index contributed by atoms with van der Waals surface area (Å²) in [6.45, 7) is 7.03. The molecule has 1 atom stereocenters. The molecule has 1 aliphatic rings. The maximum Gasteiger partial charge on any atom is 0.410 e. The molecule has 20 heavy (non-hydrogen) atoms. The molecule has 112 valence electrons. The van der Waals surface area contributed by atoms with Crippen LogP contribution in [-0.2, 0) is 11.8 Å². The van der Waals surface area contributed by atoms with Gasteiger partial charge in [-0.3, -0.25) is 4.68 Å². The van der Waals surface area contributed by atoms with E-state index in [1.54, 1.807) is 9.58 Å². The Hall–Kier alpha value is -1.72. The summed E-state index contributed by atoms with van der Waals surface area (Å²) < 4.78 is 7.10. The number of anilines is 1. The van der Waals surface area contributed by atoms with E-state index in [2.05, 4.69) is 5.10 Å². The maximum atomic E-state index is 12.1. The number of hydrogen-bond acceptors (Lipinski definition) is 4. The molecule has 0 aliphatic carbocycles. The van der Waals surface area contributed by atoms with Gasteiger partial charge in [-0.25, -0.2) is 4.79 Å². The van der Waals surface area contributed by atoms with E-state index in [9.17, 15) is 4.79 Å². The second-order valence-electron chi connectivity index (χ2n) is 6.38. The van der Waals surface area contributed by atoms with Crippen LogP contribution in [0.15, 0.2) is 6.07 Å². The maximum absolute atomic E-state index is 12.1. The third kappa shape index (κ3) is 3.43. The van der Waals surface area contributed by atoms with Crippen LogP contribution in [0.2, 0.25) is 0 Å². The zero-order valence-electron chi connectivity index (χ0n) is 12.7. The molecule has 0 spiro atoms. The Bertz CT molecular complexity index is 470. The summed E-state index contributed by atoms with van der Waals surface area (Å²) in [5.74, 6) is 0.883. The van der Waals surface area contributed by atoms with Crippen molar-refractivity contribution in [3.8, 4) is 0 Å². The molecule has 1 aliphatic heterocycles. The molecule has 6 heteroatoms. The first-order valence-electron chi connectivity index (χ1n) is 7.03. The fourth-order valence-corrected chi connectivity index (χ4v) is 2.42. The van der Waals surface area contributed by atoms with Crippen LogP contribution in [0.4, 0.5) is 10.6 Å². The van der Waals surface area contributed by atoms with Gasteiger partial charge in [-0.05, 0) is 33.6 Å². The zero-order valence-corrected chi connectivity index (χ0v) is 12.7. The Balaban J connectivity index is 2.03. The molecule has 0 radical (unpaired) electrons. The number of rotatable bonds is 1. The average molecular weight is 280 g/mol. The highest BCUT2D eigenvalue weighted by molar-refractivity contribution is 5.68. The number of piperidine rings is 1. The third-order valence-electron chi connectivity index (χ3n) is 3.43. The lowest BCUT2D eigenvalue weighted by Crippen LogP contribution is -2.42. The predicted octanol–water partition coefficient (Wildman–Crippen LogP) is 2.12. The van der Waals surface area contributed by atoms with Gasteiger partial charge in [-0.1, -0.05) is 0 Å². The highest BCUT2D eigenvalue weighted by atomic mass is 16.6. The lowest BCUT2D eigenvalue weighted by Gasteiger charge is -2.33. The molecular weight excluding hydrogens is 256 g/mol. The molecule has 1 aromatic heterocycles. The van der Waals surface area contributed by atoms with Crippen LogP contribution in [0.25, 0.3) is 0 Å². The molecule has 2 heterocycles. The van der Waals surface area contributed by atoms with Crippen molar-refractivity contribution in [3.63, 3.8) is 0 Å². The van der Waals surface area contributed by atoms with Gasteiger partial charge >= 0.3 is 6.09 Å². The molecular formula is C14H24N4O2. The number of ether oxygens (including phenoxy) is 1. The van der Waals surface area contributed by atoms with E-state index in [0.29, 0.717) is 12.4 Å². The SMILES string of the molecule is Cn1nc(C2CCCN(C(=O)OC(C)(C)C)C2)cc1N. The first-order valence-corrected chi connectivity index (χ1v) is 7.03. The van der Waals surface area contributed by atoms with Crippen LogP contribution in [-0.4, -0.2) is 39.5 Å². The van der Waals surface area contributed by atoms with Gasteiger partial charge in [-0.2, -0.15) is 5.10 Å². The van der Waals surface area contributed by atoms with Gasteiger partial charge in [0.05, 0.1) is 5.69 Å². The molecule has 2 rings (SSSR count). The Labute approximate surface area is 119 Å². The molecule has 1 aromatic rings. The number of carbonyl (C=O) groups is 1. The van der Waals surface area contributed by atoms with E-state index in [1.807, 2.05) is 33.9 Å². The van der Waals surface area contributed by atoms with Crippen molar-refractivity contribution in [1.29, 1.82) is 0 Å². The smallest absolute Gasteiger partial charge is 0.410 e. The topological polar surface area (TPSA) is 73.4 Å². The second-order valence-corrected chi connectivity index (χ2v) is 6.38.